The van der Waals surface area contributed by atoms with E-state index in [1.165, 1.54) is 6.26 Å². The molecule has 8 heteroatoms. The van der Waals surface area contributed by atoms with E-state index in [0.717, 1.165) is 16.7 Å². The lowest BCUT2D eigenvalue weighted by atomic mass is 9.95. The highest BCUT2D eigenvalue weighted by atomic mass is 16.6. The van der Waals surface area contributed by atoms with Crippen molar-refractivity contribution >= 4 is 11.8 Å². The van der Waals surface area contributed by atoms with Crippen molar-refractivity contribution in [3.05, 3.63) is 108 Å². The van der Waals surface area contributed by atoms with Crippen LogP contribution in [0.4, 0.5) is 0 Å². The van der Waals surface area contributed by atoms with Crippen molar-refractivity contribution < 1.29 is 29.3 Å². The van der Waals surface area contributed by atoms with Crippen LogP contribution in [0.25, 0.3) is 11.1 Å². The average Bonchev–Trinajstić information content (AvgIpc) is 2.94. The third-order valence-corrected chi connectivity index (χ3v) is 6.37. The Balaban J connectivity index is 1.46. The van der Waals surface area contributed by atoms with Crippen LogP contribution in [-0.2, 0) is 9.47 Å². The van der Waals surface area contributed by atoms with Gasteiger partial charge >= 0.3 is 0 Å². The van der Waals surface area contributed by atoms with E-state index in [2.05, 4.69) is 10.6 Å². The zero-order valence-corrected chi connectivity index (χ0v) is 21.3. The topological polar surface area (TPSA) is 117 Å². The summed E-state index contributed by atoms with van der Waals surface area (Å²) in [4.78, 5) is 25.7. The lowest BCUT2D eigenvalue weighted by molar-refractivity contribution is -0.244. The van der Waals surface area contributed by atoms with E-state index in [9.17, 15) is 19.8 Å². The predicted octanol–water partition coefficient (Wildman–Crippen LogP) is 3.19. The summed E-state index contributed by atoms with van der Waals surface area (Å²) >= 11 is 0. The van der Waals surface area contributed by atoms with E-state index in [1.807, 2.05) is 55.5 Å². The summed E-state index contributed by atoms with van der Waals surface area (Å²) in [6.07, 6.45) is -1.74. The molecule has 0 bridgehead atoms. The lowest BCUT2D eigenvalue weighted by Gasteiger charge is -2.42. The fourth-order valence-corrected chi connectivity index (χ4v) is 4.29. The quantitative estimate of drug-likeness (QED) is 0.342. The molecule has 1 saturated heterocycles. The number of aryl methyl sites for hydroxylation is 1. The molecule has 0 aliphatic carbocycles. The molecule has 4 rings (SSSR count). The summed E-state index contributed by atoms with van der Waals surface area (Å²) in [5.41, 5.74) is 3.70. The third-order valence-electron chi connectivity index (χ3n) is 6.37. The normalized spacial score (nSPS) is 23.1. The number of amides is 2. The van der Waals surface area contributed by atoms with Crippen molar-refractivity contribution in [3.8, 4) is 11.1 Å². The largest absolute Gasteiger partial charge is 0.493 e. The van der Waals surface area contributed by atoms with Gasteiger partial charge in [-0.25, -0.2) is 0 Å². The van der Waals surface area contributed by atoms with Gasteiger partial charge in [0.2, 0.25) is 0 Å². The maximum absolute atomic E-state index is 13.2. The van der Waals surface area contributed by atoms with E-state index in [1.54, 1.807) is 43.3 Å². The van der Waals surface area contributed by atoms with Gasteiger partial charge in [0.15, 0.2) is 12.4 Å². The number of hydrogen-bond acceptors (Lipinski definition) is 6. The van der Waals surface area contributed by atoms with E-state index in [0.29, 0.717) is 11.1 Å². The second-order valence-electron chi connectivity index (χ2n) is 9.15. The maximum atomic E-state index is 13.2. The number of carbonyl (C=O) groups is 2. The minimum absolute atomic E-state index is 0.0690. The van der Waals surface area contributed by atoms with Crippen LogP contribution in [0, 0.1) is 6.92 Å². The first-order valence-electron chi connectivity index (χ1n) is 12.5. The molecular formula is C30H32N2O6. The minimum atomic E-state index is -1.49. The highest BCUT2D eigenvalue weighted by molar-refractivity contribution is 5.96. The summed E-state index contributed by atoms with van der Waals surface area (Å²) in [7, 11) is 0. The van der Waals surface area contributed by atoms with Crippen molar-refractivity contribution in [2.45, 2.75) is 44.5 Å². The molecule has 1 fully saturated rings. The summed E-state index contributed by atoms with van der Waals surface area (Å²) in [5, 5.41) is 27.3. The molecule has 1 aliphatic rings. The Bertz CT molecular complexity index is 1260. The molecule has 38 heavy (non-hydrogen) atoms. The molecule has 3 aromatic rings. The van der Waals surface area contributed by atoms with E-state index in [-0.39, 0.29) is 12.5 Å². The fraction of sp³-hybridized carbons (Fsp3) is 0.267. The molecule has 8 nitrogen and oxygen atoms in total. The van der Waals surface area contributed by atoms with Crippen LogP contribution in [-0.4, -0.2) is 59.2 Å². The molecule has 0 unspecified atom stereocenters. The molecular weight excluding hydrogens is 484 g/mol. The third kappa shape index (κ3) is 6.47. The van der Waals surface area contributed by atoms with Gasteiger partial charge in [0, 0.05) is 17.7 Å². The number of nitrogens with one attached hydrogen (secondary N) is 2. The van der Waals surface area contributed by atoms with E-state index in [4.69, 9.17) is 9.47 Å². The zero-order chi connectivity index (χ0) is 27.1. The van der Waals surface area contributed by atoms with E-state index < -0.39 is 36.6 Å². The number of hydrogen-bond donors (Lipinski definition) is 4. The molecule has 1 aliphatic heterocycles. The monoisotopic (exact) mass is 516 g/mol. The van der Waals surface area contributed by atoms with Gasteiger partial charge in [-0.2, -0.15) is 0 Å². The second-order valence-corrected chi connectivity index (χ2v) is 9.15. The van der Waals surface area contributed by atoms with Gasteiger partial charge in [-0.1, -0.05) is 66.2 Å². The SMILES string of the molecule is CC=CO[C@H]1[C@H](O)[C@@H](CNC(=O)c2ccc(C)cc2)O[C@H](O)[C@H]1NC(=O)c1cccc(-c2ccccc2)c1. The first-order valence-corrected chi connectivity index (χ1v) is 12.5. The molecule has 1 heterocycles. The number of rotatable bonds is 8. The van der Waals surface area contributed by atoms with Crippen LogP contribution in [0.1, 0.15) is 33.2 Å². The standard InChI is InChI=1S/C30H32N2O6/c1-3-16-37-27-25(32-29(35)23-11-7-10-22(17-23)20-8-5-4-6-9-20)30(36)38-24(26(27)33)18-31-28(34)21-14-12-19(2)13-15-21/h3-17,24-27,30,33,36H,18H2,1-2H3,(H,31,34)(H,32,35)/t24-,25+,26-,27-,30+/m1/s1. The second kappa shape index (κ2) is 12.5. The van der Waals surface area contributed by atoms with Crippen LogP contribution in [0.5, 0.6) is 0 Å². The molecule has 3 aromatic carbocycles. The molecule has 0 aromatic heterocycles. The van der Waals surface area contributed by atoms with Gasteiger partial charge in [-0.05, 0) is 49.2 Å². The van der Waals surface area contributed by atoms with Crippen LogP contribution >= 0.6 is 0 Å². The molecule has 2 amide bonds. The number of carbonyl (C=O) groups excluding carboxylic acids is 2. The van der Waals surface area contributed by atoms with Crippen LogP contribution < -0.4 is 10.6 Å². The van der Waals surface area contributed by atoms with Crippen molar-refractivity contribution in [3.63, 3.8) is 0 Å². The van der Waals surface area contributed by atoms with Gasteiger partial charge in [0.1, 0.15) is 18.2 Å². The predicted molar refractivity (Wildman–Crippen MR) is 143 cm³/mol. The van der Waals surface area contributed by atoms with Gasteiger partial charge in [0.05, 0.1) is 6.26 Å². The summed E-state index contributed by atoms with van der Waals surface area (Å²) in [6.45, 7) is 3.60. The smallest absolute Gasteiger partial charge is 0.251 e. The Kier molecular flexibility index (Phi) is 8.91. The highest BCUT2D eigenvalue weighted by Gasteiger charge is 2.46. The van der Waals surface area contributed by atoms with Crippen molar-refractivity contribution in [1.82, 2.24) is 10.6 Å². The van der Waals surface area contributed by atoms with Gasteiger partial charge in [0.25, 0.3) is 11.8 Å². The molecule has 4 N–H and O–H groups in total. The summed E-state index contributed by atoms with van der Waals surface area (Å²) in [6, 6.07) is 22.7. The number of ether oxygens (including phenoxy) is 2. The molecule has 0 spiro atoms. The summed E-state index contributed by atoms with van der Waals surface area (Å²) in [5.74, 6) is -0.794. The molecule has 5 atom stereocenters. The first kappa shape index (κ1) is 27.1. The van der Waals surface area contributed by atoms with Crippen molar-refractivity contribution in [2.75, 3.05) is 6.54 Å². The minimum Gasteiger partial charge on any atom is -0.493 e. The maximum Gasteiger partial charge on any atom is 0.251 e. The van der Waals surface area contributed by atoms with Crippen LogP contribution in [0.2, 0.25) is 0 Å². The zero-order valence-electron chi connectivity index (χ0n) is 21.3. The number of allylic oxidation sites excluding steroid dienone is 1. The fourth-order valence-electron chi connectivity index (χ4n) is 4.29. The number of aliphatic hydroxyl groups is 2. The Morgan fingerprint density at radius 2 is 1.63 bits per heavy atom. The van der Waals surface area contributed by atoms with Crippen molar-refractivity contribution in [1.29, 1.82) is 0 Å². The summed E-state index contributed by atoms with van der Waals surface area (Å²) < 4.78 is 11.3. The highest BCUT2D eigenvalue weighted by Crippen LogP contribution is 2.24. The van der Waals surface area contributed by atoms with Crippen LogP contribution in [0.15, 0.2) is 91.2 Å². The molecule has 0 radical (unpaired) electrons. The van der Waals surface area contributed by atoms with Gasteiger partial charge < -0.3 is 30.3 Å². The molecule has 198 valence electrons. The van der Waals surface area contributed by atoms with Gasteiger partial charge in [-0.3, -0.25) is 9.59 Å². The lowest BCUT2D eigenvalue weighted by Crippen LogP contribution is -2.65. The van der Waals surface area contributed by atoms with Crippen LogP contribution in [0.3, 0.4) is 0 Å². The Morgan fingerprint density at radius 1 is 0.921 bits per heavy atom. The Labute approximate surface area is 221 Å². The molecule has 0 saturated carbocycles. The Morgan fingerprint density at radius 3 is 2.34 bits per heavy atom. The number of benzene rings is 3. The first-order chi connectivity index (χ1) is 18.4. The number of aliphatic hydroxyl groups excluding tert-OH is 2. The van der Waals surface area contributed by atoms with E-state index >= 15 is 0 Å². The van der Waals surface area contributed by atoms with Gasteiger partial charge in [-0.15, -0.1) is 0 Å². The average molecular weight is 517 g/mol. The Hall–Kier alpha value is -3.98. The van der Waals surface area contributed by atoms with Crippen molar-refractivity contribution in [2.24, 2.45) is 0 Å².